The molecule has 0 spiro atoms. The SMILES string of the molecule is [N-]=[N+]=C1C(=O)OCCCCCCCCOC1=O. The minimum absolute atomic E-state index is 0.227. The van der Waals surface area contributed by atoms with Crippen molar-refractivity contribution in [1.82, 2.24) is 0 Å². The van der Waals surface area contributed by atoms with Gasteiger partial charge in [-0.2, -0.15) is 4.79 Å². The van der Waals surface area contributed by atoms with E-state index in [4.69, 9.17) is 15.0 Å². The van der Waals surface area contributed by atoms with Gasteiger partial charge < -0.3 is 15.0 Å². The Morgan fingerprint density at radius 2 is 1.24 bits per heavy atom. The number of carbonyl (C=O) groups excluding carboxylic acids is 2. The molecule has 6 heteroatoms. The molecule has 0 bridgehead atoms. The van der Waals surface area contributed by atoms with E-state index in [1.807, 2.05) is 0 Å². The lowest BCUT2D eigenvalue weighted by Gasteiger charge is -2.00. The summed E-state index contributed by atoms with van der Waals surface area (Å²) in [5, 5.41) is 0. The molecular formula is C11H16N2O4. The van der Waals surface area contributed by atoms with Crippen molar-refractivity contribution in [2.75, 3.05) is 13.2 Å². The minimum atomic E-state index is -0.934. The summed E-state index contributed by atoms with van der Waals surface area (Å²) in [7, 11) is 0. The third-order valence-corrected chi connectivity index (χ3v) is 2.49. The number of cyclic esters (lactones) is 2. The second-order valence-electron chi connectivity index (χ2n) is 3.84. The predicted molar refractivity (Wildman–Crippen MR) is 58.2 cm³/mol. The molecule has 17 heavy (non-hydrogen) atoms. The lowest BCUT2D eigenvalue weighted by molar-refractivity contribution is -0.149. The van der Waals surface area contributed by atoms with E-state index in [0.29, 0.717) is 0 Å². The van der Waals surface area contributed by atoms with Gasteiger partial charge in [0, 0.05) is 0 Å². The normalized spacial score (nSPS) is 20.1. The standard InChI is InChI=1S/C11H16N2O4/c12-13-9-10(14)16-7-5-3-1-2-4-6-8-17-11(9)15/h1-8H2. The molecule has 0 aromatic carbocycles. The molecule has 0 saturated carbocycles. The Labute approximate surface area is 99.5 Å². The van der Waals surface area contributed by atoms with Gasteiger partial charge in [0.15, 0.2) is 0 Å². The van der Waals surface area contributed by atoms with Gasteiger partial charge in [0.05, 0.1) is 13.2 Å². The van der Waals surface area contributed by atoms with Gasteiger partial charge in [0.1, 0.15) is 0 Å². The first-order chi connectivity index (χ1) is 8.25. The van der Waals surface area contributed by atoms with Crippen LogP contribution in [0, 0.1) is 0 Å². The van der Waals surface area contributed by atoms with E-state index in [1.54, 1.807) is 0 Å². The lowest BCUT2D eigenvalue weighted by atomic mass is 10.1. The van der Waals surface area contributed by atoms with Crippen LogP contribution in [0.4, 0.5) is 0 Å². The van der Waals surface area contributed by atoms with E-state index < -0.39 is 17.7 Å². The van der Waals surface area contributed by atoms with Crippen molar-refractivity contribution >= 4 is 17.7 Å². The van der Waals surface area contributed by atoms with Crippen LogP contribution in [0.3, 0.4) is 0 Å². The number of esters is 2. The molecule has 1 aliphatic heterocycles. The van der Waals surface area contributed by atoms with Gasteiger partial charge in [0.25, 0.3) is 0 Å². The number of rotatable bonds is 0. The quantitative estimate of drug-likeness (QED) is 0.360. The predicted octanol–water partition coefficient (Wildman–Crippen LogP) is 1.10. The molecule has 0 atom stereocenters. The van der Waals surface area contributed by atoms with Crippen LogP contribution in [0.2, 0.25) is 0 Å². The maximum absolute atomic E-state index is 11.3. The van der Waals surface area contributed by atoms with Gasteiger partial charge in [0.2, 0.25) is 0 Å². The van der Waals surface area contributed by atoms with Crippen LogP contribution in [0.25, 0.3) is 5.53 Å². The monoisotopic (exact) mass is 240 g/mol. The fourth-order valence-electron chi connectivity index (χ4n) is 1.54. The number of hydrogen-bond acceptors (Lipinski definition) is 4. The third-order valence-electron chi connectivity index (χ3n) is 2.49. The fraction of sp³-hybridized carbons (Fsp3) is 0.727. The fourth-order valence-corrected chi connectivity index (χ4v) is 1.54. The van der Waals surface area contributed by atoms with Gasteiger partial charge in [-0.3, -0.25) is 0 Å². The smallest absolute Gasteiger partial charge is 0.457 e. The van der Waals surface area contributed by atoms with Crippen molar-refractivity contribution in [3.63, 3.8) is 0 Å². The molecule has 1 rings (SSSR count). The zero-order valence-corrected chi connectivity index (χ0v) is 9.68. The van der Waals surface area contributed by atoms with Crippen molar-refractivity contribution < 1.29 is 23.9 Å². The Hall–Kier alpha value is -1.68. The van der Waals surface area contributed by atoms with Crippen molar-refractivity contribution in [2.45, 2.75) is 38.5 Å². The van der Waals surface area contributed by atoms with Crippen molar-refractivity contribution in [3.8, 4) is 0 Å². The van der Waals surface area contributed by atoms with E-state index in [9.17, 15) is 9.59 Å². The molecule has 1 saturated heterocycles. The zero-order chi connectivity index (χ0) is 12.5. The van der Waals surface area contributed by atoms with Gasteiger partial charge in [-0.15, -0.1) is 0 Å². The largest absolute Gasteiger partial charge is 0.482 e. The highest BCUT2D eigenvalue weighted by atomic mass is 16.6. The minimum Gasteiger partial charge on any atom is -0.457 e. The number of hydrogen-bond donors (Lipinski definition) is 0. The zero-order valence-electron chi connectivity index (χ0n) is 9.68. The van der Waals surface area contributed by atoms with Gasteiger partial charge in [-0.05, 0) is 12.8 Å². The number of ether oxygens (including phenoxy) is 2. The van der Waals surface area contributed by atoms with E-state index >= 15 is 0 Å². The highest BCUT2D eigenvalue weighted by molar-refractivity contribution is 6.60. The van der Waals surface area contributed by atoms with E-state index in [0.717, 1.165) is 38.5 Å². The summed E-state index contributed by atoms with van der Waals surface area (Å²) in [6, 6.07) is 0. The van der Waals surface area contributed by atoms with Crippen molar-refractivity contribution in [3.05, 3.63) is 5.53 Å². The summed E-state index contributed by atoms with van der Waals surface area (Å²) in [5.41, 5.74) is 7.89. The average Bonchev–Trinajstić information content (AvgIpc) is 2.32. The topological polar surface area (TPSA) is 89.0 Å². The Kier molecular flexibility index (Phi) is 5.96. The average molecular weight is 240 g/mol. The molecule has 1 aliphatic rings. The molecule has 1 fully saturated rings. The number of carbonyl (C=O) groups is 2. The van der Waals surface area contributed by atoms with Crippen LogP contribution >= 0.6 is 0 Å². The van der Waals surface area contributed by atoms with Gasteiger partial charge >= 0.3 is 17.7 Å². The molecular weight excluding hydrogens is 224 g/mol. The van der Waals surface area contributed by atoms with Crippen LogP contribution in [0.1, 0.15) is 38.5 Å². The molecule has 6 nitrogen and oxygen atoms in total. The maximum Gasteiger partial charge on any atom is 0.482 e. The highest BCUT2D eigenvalue weighted by Crippen LogP contribution is 2.06. The molecule has 0 N–H and O–H groups in total. The molecule has 94 valence electrons. The first-order valence-corrected chi connectivity index (χ1v) is 5.82. The number of nitrogens with zero attached hydrogens (tertiary/aromatic N) is 2. The summed E-state index contributed by atoms with van der Waals surface area (Å²) < 4.78 is 9.60. The third kappa shape index (κ3) is 4.78. The molecule has 0 aliphatic carbocycles. The molecule has 0 aromatic heterocycles. The molecule has 0 amide bonds. The summed E-state index contributed by atoms with van der Waals surface area (Å²) in [6.07, 6.45) is 5.61. The summed E-state index contributed by atoms with van der Waals surface area (Å²) in [5.74, 6) is -1.87. The Morgan fingerprint density at radius 3 is 1.65 bits per heavy atom. The summed E-state index contributed by atoms with van der Waals surface area (Å²) >= 11 is 0. The second kappa shape index (κ2) is 7.57. The van der Waals surface area contributed by atoms with Crippen LogP contribution in [-0.4, -0.2) is 35.7 Å². The maximum atomic E-state index is 11.3. The highest BCUT2D eigenvalue weighted by Gasteiger charge is 2.33. The summed E-state index contributed by atoms with van der Waals surface area (Å²) in [6.45, 7) is 0.455. The first-order valence-electron chi connectivity index (χ1n) is 5.82. The Morgan fingerprint density at radius 1 is 0.824 bits per heavy atom. The van der Waals surface area contributed by atoms with Crippen LogP contribution in [0.15, 0.2) is 0 Å². The van der Waals surface area contributed by atoms with E-state index in [-0.39, 0.29) is 13.2 Å². The molecule has 0 radical (unpaired) electrons. The molecule has 1 heterocycles. The van der Waals surface area contributed by atoms with E-state index in [1.165, 1.54) is 0 Å². The van der Waals surface area contributed by atoms with Gasteiger partial charge in [-0.25, -0.2) is 9.59 Å². The van der Waals surface area contributed by atoms with Crippen LogP contribution in [-0.2, 0) is 19.1 Å². The lowest BCUT2D eigenvalue weighted by Crippen LogP contribution is -2.29. The van der Waals surface area contributed by atoms with Crippen LogP contribution in [0.5, 0.6) is 0 Å². The Bertz CT molecular complexity index is 308. The molecule has 0 aromatic rings. The summed E-state index contributed by atoms with van der Waals surface area (Å²) in [4.78, 5) is 25.3. The first kappa shape index (κ1) is 13.4. The second-order valence-corrected chi connectivity index (χ2v) is 3.84. The van der Waals surface area contributed by atoms with Crippen molar-refractivity contribution in [2.24, 2.45) is 0 Å². The van der Waals surface area contributed by atoms with Gasteiger partial charge in [-0.1, -0.05) is 25.7 Å². The van der Waals surface area contributed by atoms with Crippen LogP contribution < -0.4 is 0 Å². The molecule has 0 unspecified atom stereocenters. The van der Waals surface area contributed by atoms with Crippen molar-refractivity contribution in [1.29, 1.82) is 0 Å². The Balaban J connectivity index is 2.60. The van der Waals surface area contributed by atoms with E-state index in [2.05, 4.69) is 4.79 Å².